The lowest BCUT2D eigenvalue weighted by Crippen LogP contribution is -2.22. The summed E-state index contributed by atoms with van der Waals surface area (Å²) in [6.07, 6.45) is 2.40. The van der Waals surface area contributed by atoms with E-state index in [2.05, 4.69) is 28.8 Å². The second-order valence-electron chi connectivity index (χ2n) is 4.49. The van der Waals surface area contributed by atoms with Crippen molar-refractivity contribution in [3.05, 3.63) is 29.3 Å². The number of nitrogens with one attached hydrogen (secondary N) is 2. The van der Waals surface area contributed by atoms with Gasteiger partial charge in [0.2, 0.25) is 0 Å². The van der Waals surface area contributed by atoms with Crippen LogP contribution < -0.4 is 10.6 Å². The molecule has 3 N–H and O–H groups in total. The van der Waals surface area contributed by atoms with Crippen LogP contribution >= 0.6 is 0 Å². The summed E-state index contributed by atoms with van der Waals surface area (Å²) >= 11 is 0. The number of ether oxygens (including phenoxy) is 1. The molecule has 18 heavy (non-hydrogen) atoms. The molecule has 0 unspecified atom stereocenters. The number of anilines is 1. The molecular formula is C14H22N2O2. The molecule has 0 fully saturated rings. The number of hydrogen-bond donors (Lipinski definition) is 3. The van der Waals surface area contributed by atoms with Gasteiger partial charge < -0.3 is 20.5 Å². The second kappa shape index (κ2) is 7.36. The first-order valence-electron chi connectivity index (χ1n) is 6.66. The molecule has 0 saturated heterocycles. The lowest BCUT2D eigenvalue weighted by molar-refractivity contribution is 0.0938. The fourth-order valence-electron chi connectivity index (χ4n) is 2.26. The highest BCUT2D eigenvalue weighted by molar-refractivity contribution is 5.59. The minimum Gasteiger partial charge on any atom is -0.394 e. The van der Waals surface area contributed by atoms with Gasteiger partial charge in [-0.3, -0.25) is 0 Å². The minimum atomic E-state index is 0.0934. The van der Waals surface area contributed by atoms with Gasteiger partial charge in [-0.25, -0.2) is 0 Å². The van der Waals surface area contributed by atoms with E-state index in [1.54, 1.807) is 0 Å². The Bertz CT molecular complexity index is 369. The second-order valence-corrected chi connectivity index (χ2v) is 4.49. The maximum Gasteiger partial charge on any atom is 0.0698 e. The van der Waals surface area contributed by atoms with Crippen LogP contribution in [-0.2, 0) is 17.7 Å². The summed E-state index contributed by atoms with van der Waals surface area (Å²) in [6, 6.07) is 6.50. The first-order chi connectivity index (χ1) is 8.92. The van der Waals surface area contributed by atoms with Crippen molar-refractivity contribution in [2.45, 2.75) is 19.4 Å². The van der Waals surface area contributed by atoms with Gasteiger partial charge in [0, 0.05) is 25.3 Å². The smallest absolute Gasteiger partial charge is 0.0698 e. The van der Waals surface area contributed by atoms with Gasteiger partial charge in [-0.15, -0.1) is 0 Å². The third kappa shape index (κ3) is 3.70. The number of rotatable bonds is 7. The zero-order chi connectivity index (χ0) is 12.6. The van der Waals surface area contributed by atoms with Gasteiger partial charge in [0.15, 0.2) is 0 Å². The Morgan fingerprint density at radius 2 is 2.28 bits per heavy atom. The maximum atomic E-state index is 8.58. The van der Waals surface area contributed by atoms with Gasteiger partial charge >= 0.3 is 0 Å². The van der Waals surface area contributed by atoms with E-state index >= 15 is 0 Å². The van der Waals surface area contributed by atoms with E-state index in [-0.39, 0.29) is 6.61 Å². The fourth-order valence-corrected chi connectivity index (χ4v) is 2.26. The number of fused-ring (bicyclic) bond motifs is 1. The first kappa shape index (κ1) is 13.3. The van der Waals surface area contributed by atoms with Crippen LogP contribution in [-0.4, -0.2) is 38.0 Å². The van der Waals surface area contributed by atoms with E-state index in [9.17, 15) is 0 Å². The van der Waals surface area contributed by atoms with Crippen molar-refractivity contribution < 1.29 is 9.84 Å². The summed E-state index contributed by atoms with van der Waals surface area (Å²) < 4.78 is 5.21. The molecule has 1 aromatic carbocycles. The number of para-hydroxylation sites is 1. The van der Waals surface area contributed by atoms with Crippen LogP contribution in [0.5, 0.6) is 0 Å². The van der Waals surface area contributed by atoms with Gasteiger partial charge in [-0.05, 0) is 24.0 Å². The molecule has 0 spiro atoms. The molecule has 4 nitrogen and oxygen atoms in total. The number of aryl methyl sites for hydroxylation is 1. The van der Waals surface area contributed by atoms with Gasteiger partial charge in [-0.1, -0.05) is 18.2 Å². The molecular weight excluding hydrogens is 228 g/mol. The van der Waals surface area contributed by atoms with Crippen LogP contribution in [0.4, 0.5) is 5.69 Å². The van der Waals surface area contributed by atoms with Crippen molar-refractivity contribution in [3.63, 3.8) is 0 Å². The van der Waals surface area contributed by atoms with E-state index in [0.717, 1.165) is 19.6 Å². The van der Waals surface area contributed by atoms with Crippen LogP contribution in [0.3, 0.4) is 0 Å². The molecule has 0 atom stereocenters. The van der Waals surface area contributed by atoms with E-state index in [1.807, 2.05) is 0 Å². The zero-order valence-electron chi connectivity index (χ0n) is 10.7. The maximum absolute atomic E-state index is 8.58. The van der Waals surface area contributed by atoms with E-state index in [1.165, 1.54) is 29.7 Å². The van der Waals surface area contributed by atoms with E-state index < -0.39 is 0 Å². The van der Waals surface area contributed by atoms with Gasteiger partial charge in [0.05, 0.1) is 19.8 Å². The van der Waals surface area contributed by atoms with Crippen molar-refractivity contribution >= 4 is 5.69 Å². The Morgan fingerprint density at radius 1 is 1.33 bits per heavy atom. The van der Waals surface area contributed by atoms with Crippen molar-refractivity contribution in [2.24, 2.45) is 0 Å². The van der Waals surface area contributed by atoms with Gasteiger partial charge in [0.25, 0.3) is 0 Å². The zero-order valence-corrected chi connectivity index (χ0v) is 10.7. The van der Waals surface area contributed by atoms with E-state index in [4.69, 9.17) is 9.84 Å². The third-order valence-corrected chi connectivity index (χ3v) is 3.14. The highest BCUT2D eigenvalue weighted by Gasteiger charge is 2.11. The van der Waals surface area contributed by atoms with Crippen LogP contribution in [0.1, 0.15) is 17.5 Å². The lowest BCUT2D eigenvalue weighted by atomic mass is 9.99. The monoisotopic (exact) mass is 250 g/mol. The van der Waals surface area contributed by atoms with Gasteiger partial charge in [-0.2, -0.15) is 0 Å². The normalized spacial score (nSPS) is 14.1. The molecule has 0 aliphatic carbocycles. The molecule has 1 heterocycles. The standard InChI is InChI=1S/C14H22N2O2/c17-8-10-18-9-7-15-11-13-4-1-3-12-5-2-6-16-14(12)13/h1,3-4,15-17H,2,5-11H2. The Labute approximate surface area is 108 Å². The molecule has 2 rings (SSSR count). The van der Waals surface area contributed by atoms with E-state index in [0.29, 0.717) is 13.2 Å². The van der Waals surface area contributed by atoms with Crippen LogP contribution in [0.25, 0.3) is 0 Å². The molecule has 1 aromatic rings. The van der Waals surface area contributed by atoms with Crippen LogP contribution in [0, 0.1) is 0 Å². The largest absolute Gasteiger partial charge is 0.394 e. The minimum absolute atomic E-state index is 0.0934. The molecule has 0 aromatic heterocycles. The molecule has 100 valence electrons. The van der Waals surface area contributed by atoms with Crippen LogP contribution in [0.2, 0.25) is 0 Å². The van der Waals surface area contributed by atoms with Crippen molar-refractivity contribution in [2.75, 3.05) is 38.2 Å². The quantitative estimate of drug-likeness (QED) is 0.635. The SMILES string of the molecule is OCCOCCNCc1cccc2c1NCCC2. The summed E-state index contributed by atoms with van der Waals surface area (Å²) in [5.74, 6) is 0. The molecule has 0 bridgehead atoms. The molecule has 1 aliphatic rings. The number of aliphatic hydroxyl groups is 1. The Morgan fingerprint density at radius 3 is 3.17 bits per heavy atom. The highest BCUT2D eigenvalue weighted by atomic mass is 16.5. The average Bonchev–Trinajstić information content (AvgIpc) is 2.43. The predicted molar refractivity (Wildman–Crippen MR) is 72.9 cm³/mol. The number of hydrogen-bond acceptors (Lipinski definition) is 4. The molecule has 0 amide bonds. The summed E-state index contributed by atoms with van der Waals surface area (Å²) in [5.41, 5.74) is 4.07. The number of aliphatic hydroxyl groups excluding tert-OH is 1. The lowest BCUT2D eigenvalue weighted by Gasteiger charge is -2.21. The van der Waals surface area contributed by atoms with Gasteiger partial charge in [0.1, 0.15) is 0 Å². The first-order valence-corrected chi connectivity index (χ1v) is 6.66. The van der Waals surface area contributed by atoms with Crippen molar-refractivity contribution in [1.29, 1.82) is 0 Å². The molecule has 0 saturated carbocycles. The summed E-state index contributed by atoms with van der Waals surface area (Å²) in [4.78, 5) is 0. The Hall–Kier alpha value is -1.10. The molecule has 4 heteroatoms. The molecule has 0 radical (unpaired) electrons. The Balaban J connectivity index is 1.79. The number of benzene rings is 1. The highest BCUT2D eigenvalue weighted by Crippen LogP contribution is 2.25. The van der Waals surface area contributed by atoms with Crippen molar-refractivity contribution in [3.8, 4) is 0 Å². The topological polar surface area (TPSA) is 53.5 Å². The summed E-state index contributed by atoms with van der Waals surface area (Å²) in [6.45, 7) is 3.90. The fraction of sp³-hybridized carbons (Fsp3) is 0.571. The predicted octanol–water partition coefficient (Wildman–Crippen LogP) is 1.14. The third-order valence-electron chi connectivity index (χ3n) is 3.14. The molecule has 1 aliphatic heterocycles. The average molecular weight is 250 g/mol. The Kier molecular flexibility index (Phi) is 5.45. The van der Waals surface area contributed by atoms with Crippen molar-refractivity contribution in [1.82, 2.24) is 5.32 Å². The summed E-state index contributed by atoms with van der Waals surface area (Å²) in [7, 11) is 0. The summed E-state index contributed by atoms with van der Waals surface area (Å²) in [5, 5.41) is 15.4. The van der Waals surface area contributed by atoms with Crippen LogP contribution in [0.15, 0.2) is 18.2 Å².